The zero-order valence-electron chi connectivity index (χ0n) is 7.41. The molecule has 0 saturated carbocycles. The van der Waals surface area contributed by atoms with Gasteiger partial charge >= 0.3 is 0 Å². The van der Waals surface area contributed by atoms with Crippen molar-refractivity contribution in [2.24, 2.45) is 0 Å². The van der Waals surface area contributed by atoms with Crippen LogP contribution in [-0.4, -0.2) is 24.5 Å². The van der Waals surface area contributed by atoms with E-state index in [1.807, 2.05) is 0 Å². The SMILES string of the molecule is C=C(C)C(=O)C(=C)CCS(=O)(=O)O. The predicted molar refractivity (Wildman–Crippen MR) is 50.0 cm³/mol. The molecule has 13 heavy (non-hydrogen) atoms. The summed E-state index contributed by atoms with van der Waals surface area (Å²) in [6, 6.07) is 0. The molecule has 0 aliphatic rings. The molecule has 0 aromatic rings. The van der Waals surface area contributed by atoms with Crippen molar-refractivity contribution in [3.8, 4) is 0 Å². The van der Waals surface area contributed by atoms with Gasteiger partial charge in [-0.15, -0.1) is 0 Å². The normalized spacial score (nSPS) is 10.9. The monoisotopic (exact) mass is 204 g/mol. The summed E-state index contributed by atoms with van der Waals surface area (Å²) < 4.78 is 29.0. The fraction of sp³-hybridized carbons (Fsp3) is 0.375. The lowest BCUT2D eigenvalue weighted by atomic mass is 10.1. The highest BCUT2D eigenvalue weighted by Gasteiger charge is 2.11. The second-order valence-electron chi connectivity index (χ2n) is 2.75. The number of carbonyl (C=O) groups is 1. The molecule has 5 heteroatoms. The zero-order chi connectivity index (χ0) is 10.6. The topological polar surface area (TPSA) is 71.4 Å². The van der Waals surface area contributed by atoms with Crippen molar-refractivity contribution < 1.29 is 17.8 Å². The summed E-state index contributed by atoms with van der Waals surface area (Å²) in [5.74, 6) is -0.839. The van der Waals surface area contributed by atoms with Crippen molar-refractivity contribution >= 4 is 15.9 Å². The number of allylic oxidation sites excluding steroid dienone is 2. The van der Waals surface area contributed by atoms with Crippen molar-refractivity contribution in [3.63, 3.8) is 0 Å². The third kappa shape index (κ3) is 5.32. The molecule has 0 heterocycles. The van der Waals surface area contributed by atoms with Gasteiger partial charge in [0.15, 0.2) is 5.78 Å². The highest BCUT2D eigenvalue weighted by molar-refractivity contribution is 7.85. The van der Waals surface area contributed by atoms with Gasteiger partial charge < -0.3 is 0 Å². The van der Waals surface area contributed by atoms with Gasteiger partial charge in [-0.3, -0.25) is 9.35 Å². The van der Waals surface area contributed by atoms with Crippen LogP contribution < -0.4 is 0 Å². The predicted octanol–water partition coefficient (Wildman–Crippen LogP) is 0.966. The standard InChI is InChI=1S/C8H12O4S/c1-6(2)8(9)7(3)4-5-13(10,11)12/h1,3-5H2,2H3,(H,10,11,12). The van der Waals surface area contributed by atoms with Gasteiger partial charge in [-0.2, -0.15) is 8.42 Å². The van der Waals surface area contributed by atoms with Crippen LogP contribution >= 0.6 is 0 Å². The quantitative estimate of drug-likeness (QED) is 0.535. The lowest BCUT2D eigenvalue weighted by Gasteiger charge is -2.01. The molecule has 0 aromatic heterocycles. The lowest BCUT2D eigenvalue weighted by Crippen LogP contribution is -2.09. The first-order valence-electron chi connectivity index (χ1n) is 3.57. The summed E-state index contributed by atoms with van der Waals surface area (Å²) in [5.41, 5.74) is 0.450. The van der Waals surface area contributed by atoms with Crippen LogP contribution in [0.15, 0.2) is 24.3 Å². The van der Waals surface area contributed by atoms with Gasteiger partial charge in [0.1, 0.15) is 0 Å². The Bertz CT molecular complexity index is 337. The number of Topliss-reactive ketones (excluding diaryl/α,β-unsaturated/α-hetero) is 1. The van der Waals surface area contributed by atoms with E-state index in [-0.39, 0.29) is 17.8 Å². The molecule has 0 radical (unpaired) electrons. The number of ketones is 1. The molecule has 0 aliphatic heterocycles. The summed E-state index contributed by atoms with van der Waals surface area (Å²) in [5, 5.41) is 0. The van der Waals surface area contributed by atoms with Crippen molar-refractivity contribution in [2.45, 2.75) is 13.3 Å². The number of hydrogen-bond acceptors (Lipinski definition) is 3. The molecule has 0 amide bonds. The van der Waals surface area contributed by atoms with Crippen LogP contribution in [0, 0.1) is 0 Å². The minimum Gasteiger partial charge on any atom is -0.289 e. The smallest absolute Gasteiger partial charge is 0.265 e. The maximum Gasteiger partial charge on any atom is 0.265 e. The highest BCUT2D eigenvalue weighted by Crippen LogP contribution is 2.07. The third-order valence-electron chi connectivity index (χ3n) is 1.37. The molecule has 0 bridgehead atoms. The van der Waals surface area contributed by atoms with E-state index in [0.717, 1.165) is 0 Å². The van der Waals surface area contributed by atoms with Crippen LogP contribution in [0.25, 0.3) is 0 Å². The molecular weight excluding hydrogens is 192 g/mol. The maximum absolute atomic E-state index is 11.1. The summed E-state index contributed by atoms with van der Waals surface area (Å²) in [4.78, 5) is 11.1. The van der Waals surface area contributed by atoms with Gasteiger partial charge in [0.25, 0.3) is 10.1 Å². The van der Waals surface area contributed by atoms with Crippen LogP contribution in [0.4, 0.5) is 0 Å². The Morgan fingerprint density at radius 2 is 1.85 bits per heavy atom. The summed E-state index contributed by atoms with van der Waals surface area (Å²) >= 11 is 0. The second-order valence-corrected chi connectivity index (χ2v) is 4.32. The molecule has 0 atom stereocenters. The zero-order valence-corrected chi connectivity index (χ0v) is 8.23. The van der Waals surface area contributed by atoms with Crippen molar-refractivity contribution in [2.75, 3.05) is 5.75 Å². The Hall–Kier alpha value is -0.940. The van der Waals surface area contributed by atoms with E-state index < -0.39 is 15.9 Å². The third-order valence-corrected chi connectivity index (χ3v) is 2.09. The van der Waals surface area contributed by atoms with Gasteiger partial charge in [-0.05, 0) is 24.5 Å². The number of rotatable bonds is 5. The molecular formula is C8H12O4S. The first-order valence-corrected chi connectivity index (χ1v) is 5.18. The molecule has 0 spiro atoms. The first kappa shape index (κ1) is 12.1. The number of hydrogen-bond donors (Lipinski definition) is 1. The minimum absolute atomic E-state index is 0.0650. The molecule has 0 saturated heterocycles. The molecule has 0 rings (SSSR count). The Morgan fingerprint density at radius 1 is 1.38 bits per heavy atom. The van der Waals surface area contributed by atoms with E-state index in [4.69, 9.17) is 4.55 Å². The molecule has 0 aliphatic carbocycles. The Balaban J connectivity index is 4.19. The van der Waals surface area contributed by atoms with Gasteiger partial charge in [0, 0.05) is 0 Å². The van der Waals surface area contributed by atoms with E-state index in [9.17, 15) is 13.2 Å². The Kier molecular flexibility index (Phi) is 4.03. The van der Waals surface area contributed by atoms with Gasteiger partial charge in [0.05, 0.1) is 5.75 Å². The van der Waals surface area contributed by atoms with Crippen molar-refractivity contribution in [1.82, 2.24) is 0 Å². The molecule has 0 fully saturated rings. The first-order chi connectivity index (χ1) is 5.74. The Labute approximate surface area is 77.7 Å². The van der Waals surface area contributed by atoms with E-state index in [0.29, 0.717) is 5.57 Å². The van der Waals surface area contributed by atoms with Gasteiger partial charge in [0.2, 0.25) is 0 Å². The van der Waals surface area contributed by atoms with E-state index in [2.05, 4.69) is 13.2 Å². The summed E-state index contributed by atoms with van der Waals surface area (Å²) in [6.07, 6.45) is -0.0650. The lowest BCUT2D eigenvalue weighted by molar-refractivity contribution is -0.112. The molecule has 1 N–H and O–H groups in total. The van der Waals surface area contributed by atoms with Gasteiger partial charge in [-0.1, -0.05) is 13.2 Å². The van der Waals surface area contributed by atoms with Crippen LogP contribution in [-0.2, 0) is 14.9 Å². The van der Waals surface area contributed by atoms with Crippen LogP contribution in [0.5, 0.6) is 0 Å². The van der Waals surface area contributed by atoms with Gasteiger partial charge in [-0.25, -0.2) is 0 Å². The van der Waals surface area contributed by atoms with Crippen LogP contribution in [0.2, 0.25) is 0 Å². The Morgan fingerprint density at radius 3 is 2.15 bits per heavy atom. The largest absolute Gasteiger partial charge is 0.289 e. The molecule has 0 unspecified atom stereocenters. The minimum atomic E-state index is -4.02. The average Bonchev–Trinajstić information content (AvgIpc) is 1.97. The highest BCUT2D eigenvalue weighted by atomic mass is 32.2. The van der Waals surface area contributed by atoms with Crippen LogP contribution in [0.3, 0.4) is 0 Å². The summed E-state index contributed by atoms with van der Waals surface area (Å²) in [7, 11) is -4.02. The second kappa shape index (κ2) is 4.34. The fourth-order valence-corrected chi connectivity index (χ4v) is 1.17. The molecule has 4 nitrogen and oxygen atoms in total. The number of carbonyl (C=O) groups excluding carboxylic acids is 1. The van der Waals surface area contributed by atoms with Crippen molar-refractivity contribution in [3.05, 3.63) is 24.3 Å². The van der Waals surface area contributed by atoms with E-state index in [1.54, 1.807) is 0 Å². The molecule has 74 valence electrons. The molecule has 0 aromatic carbocycles. The van der Waals surface area contributed by atoms with E-state index in [1.165, 1.54) is 6.92 Å². The average molecular weight is 204 g/mol. The maximum atomic E-state index is 11.1. The fourth-order valence-electron chi connectivity index (χ4n) is 0.667. The van der Waals surface area contributed by atoms with Crippen molar-refractivity contribution in [1.29, 1.82) is 0 Å². The summed E-state index contributed by atoms with van der Waals surface area (Å²) in [6.45, 7) is 8.31. The van der Waals surface area contributed by atoms with E-state index >= 15 is 0 Å². The van der Waals surface area contributed by atoms with Crippen LogP contribution in [0.1, 0.15) is 13.3 Å².